The third-order valence-electron chi connectivity index (χ3n) is 7.16. The number of aliphatic hydroxyl groups is 1. The molecule has 2 bridgehead atoms. The molecule has 0 radical (unpaired) electrons. The van der Waals surface area contributed by atoms with E-state index in [4.69, 9.17) is 25.8 Å². The number of hydrogen-bond donors (Lipinski definition) is 3. The average molecular weight is 505 g/mol. The summed E-state index contributed by atoms with van der Waals surface area (Å²) in [5.74, 6) is -0.0212. The van der Waals surface area contributed by atoms with Gasteiger partial charge in [0.05, 0.1) is 16.7 Å². The van der Waals surface area contributed by atoms with Crippen molar-refractivity contribution in [1.29, 1.82) is 0 Å². The van der Waals surface area contributed by atoms with Crippen molar-refractivity contribution in [2.45, 2.75) is 55.4 Å². The second-order valence-corrected chi connectivity index (χ2v) is 9.83. The molecule has 1 aliphatic heterocycles. The lowest BCUT2D eigenvalue weighted by Crippen LogP contribution is -2.71. The fraction of sp³-hybridized carbons (Fsp3) is 0.440. The molecule has 0 unspecified atom stereocenters. The molecule has 2 aromatic carbocycles. The number of carbonyl (C=O) groups excluding carboxylic acids is 2. The van der Waals surface area contributed by atoms with Crippen LogP contribution in [0.25, 0.3) is 0 Å². The zero-order valence-corrected chi connectivity index (χ0v) is 19.6. The predicted molar refractivity (Wildman–Crippen MR) is 124 cm³/mol. The lowest BCUT2D eigenvalue weighted by atomic mass is 9.60. The summed E-state index contributed by atoms with van der Waals surface area (Å²) in [7, 11) is 0. The number of amides is 2. The van der Waals surface area contributed by atoms with E-state index in [0.717, 1.165) is 6.07 Å². The third-order valence-corrected chi connectivity index (χ3v) is 7.47. The van der Waals surface area contributed by atoms with E-state index in [1.54, 1.807) is 18.2 Å². The molecule has 0 aromatic heterocycles. The first-order valence-electron chi connectivity index (χ1n) is 11.6. The van der Waals surface area contributed by atoms with E-state index in [1.807, 2.05) is 6.07 Å². The summed E-state index contributed by atoms with van der Waals surface area (Å²) in [5, 5.41) is 17.0. The van der Waals surface area contributed by atoms with Crippen molar-refractivity contribution in [3.8, 4) is 17.2 Å². The number of rotatable bonds is 6. The van der Waals surface area contributed by atoms with Crippen LogP contribution in [0.15, 0.2) is 42.5 Å². The lowest BCUT2D eigenvalue weighted by molar-refractivity contribution is -0.141. The van der Waals surface area contributed by atoms with E-state index < -0.39 is 29.1 Å². The molecule has 6 rings (SSSR count). The van der Waals surface area contributed by atoms with Crippen LogP contribution in [0.4, 0.5) is 4.39 Å². The van der Waals surface area contributed by atoms with Crippen LogP contribution in [0.2, 0.25) is 5.02 Å². The first-order chi connectivity index (χ1) is 16.8. The van der Waals surface area contributed by atoms with E-state index in [-0.39, 0.29) is 35.8 Å². The van der Waals surface area contributed by atoms with Crippen LogP contribution in [0.1, 0.15) is 32.1 Å². The van der Waals surface area contributed by atoms with Gasteiger partial charge in [-0.25, -0.2) is 4.39 Å². The third kappa shape index (κ3) is 4.75. The maximum Gasteiger partial charge on any atom is 0.265 e. The van der Waals surface area contributed by atoms with Gasteiger partial charge in [0.25, 0.3) is 11.8 Å². The number of carbonyl (C=O) groups is 2. The summed E-state index contributed by atoms with van der Waals surface area (Å²) in [6, 6.07) is 11.1. The van der Waals surface area contributed by atoms with Gasteiger partial charge in [-0.05, 0) is 56.4 Å². The minimum atomic E-state index is -0.836. The van der Waals surface area contributed by atoms with Crippen LogP contribution in [0.5, 0.6) is 17.2 Å². The van der Waals surface area contributed by atoms with Gasteiger partial charge in [0.2, 0.25) is 6.10 Å². The molecular formula is C25H26ClFN2O6. The Balaban J connectivity index is 1.16. The fourth-order valence-corrected chi connectivity index (χ4v) is 5.30. The van der Waals surface area contributed by atoms with E-state index in [1.165, 1.54) is 12.1 Å². The number of hydrogen-bond acceptors (Lipinski definition) is 6. The molecule has 35 heavy (non-hydrogen) atoms. The summed E-state index contributed by atoms with van der Waals surface area (Å²) in [6.07, 6.45) is 0.861. The van der Waals surface area contributed by atoms with E-state index >= 15 is 0 Å². The van der Waals surface area contributed by atoms with Crippen LogP contribution in [0, 0.1) is 5.82 Å². The van der Waals surface area contributed by atoms with Crippen LogP contribution in [-0.4, -0.2) is 53.4 Å². The second kappa shape index (κ2) is 9.20. The van der Waals surface area contributed by atoms with Gasteiger partial charge in [-0.15, -0.1) is 0 Å². The second-order valence-electron chi connectivity index (χ2n) is 9.42. The standard InChI is InChI=1S/C25H26ClFN2O6/c26-16-6-5-15(11-17(16)27)33-14-22(31)28-24-7-9-25(10-8-24,21(30)12-24)29-23(32)20-13-34-18-3-1-2-4-19(18)35-20/h1-6,11,20-21,30H,7-10,12-14H2,(H,28,31)(H,29,32)/t20-,21+,24?,25?/m0/s1. The van der Waals surface area contributed by atoms with Crippen LogP contribution in [0.3, 0.4) is 0 Å². The smallest absolute Gasteiger partial charge is 0.265 e. The molecule has 4 aliphatic rings. The van der Waals surface area contributed by atoms with Gasteiger partial charge in [-0.1, -0.05) is 23.7 Å². The Morgan fingerprint density at radius 2 is 1.86 bits per heavy atom. The van der Waals surface area contributed by atoms with E-state index in [2.05, 4.69) is 10.6 Å². The molecular weight excluding hydrogens is 479 g/mol. The van der Waals surface area contributed by atoms with Crippen molar-refractivity contribution < 1.29 is 33.3 Å². The highest BCUT2D eigenvalue weighted by Crippen LogP contribution is 2.47. The number of halogens is 2. The van der Waals surface area contributed by atoms with Gasteiger partial charge in [0, 0.05) is 11.6 Å². The van der Waals surface area contributed by atoms with Gasteiger partial charge < -0.3 is 30.0 Å². The molecule has 10 heteroatoms. The Morgan fingerprint density at radius 3 is 2.57 bits per heavy atom. The monoisotopic (exact) mass is 504 g/mol. The average Bonchev–Trinajstić information content (AvgIpc) is 2.85. The molecule has 0 spiro atoms. The molecule has 3 fully saturated rings. The van der Waals surface area contributed by atoms with Crippen molar-refractivity contribution in [2.24, 2.45) is 0 Å². The first-order valence-corrected chi connectivity index (χ1v) is 11.9. The van der Waals surface area contributed by atoms with Crippen molar-refractivity contribution in [3.05, 3.63) is 53.3 Å². The van der Waals surface area contributed by atoms with Gasteiger partial charge >= 0.3 is 0 Å². The van der Waals surface area contributed by atoms with Gasteiger partial charge in [0.1, 0.15) is 18.2 Å². The van der Waals surface area contributed by atoms with Crippen molar-refractivity contribution >= 4 is 23.4 Å². The highest BCUT2D eigenvalue weighted by molar-refractivity contribution is 6.30. The number of aliphatic hydroxyl groups excluding tert-OH is 1. The molecule has 186 valence electrons. The quantitative estimate of drug-likeness (QED) is 0.558. The Morgan fingerprint density at radius 1 is 1.11 bits per heavy atom. The molecule has 2 aromatic rings. The zero-order chi connectivity index (χ0) is 24.6. The number of nitrogens with one attached hydrogen (secondary N) is 2. The molecule has 1 heterocycles. The lowest BCUT2D eigenvalue weighted by Gasteiger charge is -2.56. The summed E-state index contributed by atoms with van der Waals surface area (Å²) in [4.78, 5) is 25.5. The maximum atomic E-state index is 13.6. The van der Waals surface area contributed by atoms with Gasteiger partial charge in [-0.3, -0.25) is 9.59 Å². The number of fused-ring (bicyclic) bond motifs is 4. The maximum absolute atomic E-state index is 13.6. The van der Waals surface area contributed by atoms with Crippen LogP contribution >= 0.6 is 11.6 Å². The predicted octanol–water partition coefficient (Wildman–Crippen LogP) is 2.75. The van der Waals surface area contributed by atoms with Crippen molar-refractivity contribution in [1.82, 2.24) is 10.6 Å². The molecule has 3 saturated carbocycles. The Bertz CT molecular complexity index is 1140. The molecule has 2 amide bonds. The van der Waals surface area contributed by atoms with Crippen LogP contribution in [-0.2, 0) is 9.59 Å². The normalized spacial score (nSPS) is 28.8. The minimum absolute atomic E-state index is 0.0259. The van der Waals surface area contributed by atoms with E-state index in [9.17, 15) is 19.1 Å². The molecule has 3 aliphatic carbocycles. The first kappa shape index (κ1) is 23.7. The Labute approximate surface area is 206 Å². The molecule has 3 N–H and O–H groups in total. The van der Waals surface area contributed by atoms with Crippen molar-refractivity contribution in [2.75, 3.05) is 13.2 Å². The Kier molecular flexibility index (Phi) is 6.23. The Hall–Kier alpha value is -3.04. The molecule has 2 atom stereocenters. The number of benzene rings is 2. The summed E-state index contributed by atoms with van der Waals surface area (Å²) in [6.45, 7) is -0.201. The van der Waals surface area contributed by atoms with Gasteiger partial charge in [0.15, 0.2) is 18.1 Å². The molecule has 0 saturated heterocycles. The largest absolute Gasteiger partial charge is 0.485 e. The fourth-order valence-electron chi connectivity index (χ4n) is 5.18. The summed E-state index contributed by atoms with van der Waals surface area (Å²) >= 11 is 5.66. The number of para-hydroxylation sites is 2. The topological polar surface area (TPSA) is 106 Å². The highest BCUT2D eigenvalue weighted by Gasteiger charge is 2.55. The summed E-state index contributed by atoms with van der Waals surface area (Å²) < 4.78 is 30.4. The van der Waals surface area contributed by atoms with E-state index in [0.29, 0.717) is 43.6 Å². The summed E-state index contributed by atoms with van der Waals surface area (Å²) in [5.41, 5.74) is -1.36. The van der Waals surface area contributed by atoms with Crippen molar-refractivity contribution in [3.63, 3.8) is 0 Å². The SMILES string of the molecule is O=C(COc1ccc(Cl)c(F)c1)NC12CCC(NC(=O)[C@@H]3COc4ccccc4O3)(CC1)[C@H](O)C2. The van der Waals surface area contributed by atoms with Gasteiger partial charge in [-0.2, -0.15) is 0 Å². The molecule has 8 nitrogen and oxygen atoms in total. The highest BCUT2D eigenvalue weighted by atomic mass is 35.5. The zero-order valence-electron chi connectivity index (χ0n) is 18.9. The number of ether oxygens (including phenoxy) is 3. The van der Waals surface area contributed by atoms with Crippen LogP contribution < -0.4 is 24.8 Å². The minimum Gasteiger partial charge on any atom is -0.485 e.